The molecular weight excluding hydrogens is 432 g/mol. The van der Waals surface area contributed by atoms with Gasteiger partial charge in [0.15, 0.2) is 24.3 Å². The Kier molecular flexibility index (Phi) is 6.77. The van der Waals surface area contributed by atoms with Gasteiger partial charge in [0.2, 0.25) is 0 Å². The van der Waals surface area contributed by atoms with Crippen LogP contribution in [0, 0.1) is 17.3 Å². The molecule has 0 unspecified atom stereocenters. The topological polar surface area (TPSA) is 85.3 Å². The first-order valence-corrected chi connectivity index (χ1v) is 13.6. The van der Waals surface area contributed by atoms with Crippen LogP contribution in [0.15, 0.2) is 70.5 Å². The lowest BCUT2D eigenvalue weighted by molar-refractivity contribution is -0.126. The van der Waals surface area contributed by atoms with Gasteiger partial charge >= 0.3 is 0 Å². The standard InChI is InChI=1S/C24H30O5S2/c1-24(2,3)19-14-15-22(25)18(16-19)17-23(30(26,27)20-10-6-4-7-11-20)31(28,29)21-12-8-5-9-13-21/h4-13,18-19,23H,14-17H2,1-3H3/t18-,19+/m1/s1. The second kappa shape index (κ2) is 8.87. The Labute approximate surface area is 185 Å². The minimum Gasteiger partial charge on any atom is -0.299 e. The summed E-state index contributed by atoms with van der Waals surface area (Å²) < 4.78 is 52.4. The minimum absolute atomic E-state index is 0.0367. The normalized spacial score (nSPS) is 20.7. The quantitative estimate of drug-likeness (QED) is 0.622. The maximum Gasteiger partial charge on any atom is 0.195 e. The molecule has 0 radical (unpaired) electrons. The van der Waals surface area contributed by atoms with E-state index in [1.54, 1.807) is 36.4 Å². The number of hydrogen-bond donors (Lipinski definition) is 0. The number of sulfone groups is 2. The minimum atomic E-state index is -4.22. The Morgan fingerprint density at radius 2 is 1.29 bits per heavy atom. The molecule has 0 aromatic heterocycles. The van der Waals surface area contributed by atoms with Crippen molar-refractivity contribution in [3.63, 3.8) is 0 Å². The van der Waals surface area contributed by atoms with Crippen molar-refractivity contribution in [3.8, 4) is 0 Å². The summed E-state index contributed by atoms with van der Waals surface area (Å²) in [6.07, 6.45) is 1.39. The van der Waals surface area contributed by atoms with E-state index in [4.69, 9.17) is 0 Å². The fourth-order valence-corrected chi connectivity index (χ4v) is 8.96. The fourth-order valence-electron chi connectivity index (χ4n) is 4.30. The van der Waals surface area contributed by atoms with Crippen molar-refractivity contribution < 1.29 is 21.6 Å². The molecule has 0 spiro atoms. The van der Waals surface area contributed by atoms with E-state index in [0.717, 1.165) is 6.42 Å². The number of benzene rings is 2. The monoisotopic (exact) mass is 462 g/mol. The van der Waals surface area contributed by atoms with Gasteiger partial charge in [-0.2, -0.15) is 0 Å². The van der Waals surface area contributed by atoms with Gasteiger partial charge in [0.1, 0.15) is 5.78 Å². The second-order valence-corrected chi connectivity index (χ2v) is 13.9. The molecule has 1 fully saturated rings. The lowest BCUT2D eigenvalue weighted by Gasteiger charge is -2.37. The van der Waals surface area contributed by atoms with Crippen molar-refractivity contribution in [2.45, 2.75) is 60.8 Å². The highest BCUT2D eigenvalue weighted by Gasteiger charge is 2.44. The highest BCUT2D eigenvalue weighted by molar-refractivity contribution is 8.09. The molecule has 0 saturated heterocycles. The van der Waals surface area contributed by atoms with Crippen LogP contribution in [0.5, 0.6) is 0 Å². The predicted octanol–water partition coefficient (Wildman–Crippen LogP) is 4.68. The van der Waals surface area contributed by atoms with Gasteiger partial charge in [-0.3, -0.25) is 4.79 Å². The Morgan fingerprint density at radius 3 is 1.71 bits per heavy atom. The van der Waals surface area contributed by atoms with Crippen molar-refractivity contribution in [2.75, 3.05) is 0 Å². The number of hydrogen-bond acceptors (Lipinski definition) is 5. The molecule has 0 bridgehead atoms. The molecule has 0 N–H and O–H groups in total. The number of carbonyl (C=O) groups is 1. The smallest absolute Gasteiger partial charge is 0.195 e. The van der Waals surface area contributed by atoms with E-state index in [9.17, 15) is 21.6 Å². The van der Waals surface area contributed by atoms with Gasteiger partial charge in [0.05, 0.1) is 9.79 Å². The Hall–Kier alpha value is -1.99. The summed E-state index contributed by atoms with van der Waals surface area (Å²) in [5.41, 5.74) is -0.0367. The van der Waals surface area contributed by atoms with Crippen molar-refractivity contribution in [3.05, 3.63) is 60.7 Å². The first-order chi connectivity index (χ1) is 14.4. The Balaban J connectivity index is 2.06. The lowest BCUT2D eigenvalue weighted by atomic mass is 9.68. The third-order valence-electron chi connectivity index (χ3n) is 6.30. The van der Waals surface area contributed by atoms with E-state index < -0.39 is 30.2 Å². The molecule has 3 rings (SSSR count). The molecule has 0 aliphatic heterocycles. The van der Waals surface area contributed by atoms with E-state index in [1.165, 1.54) is 24.3 Å². The van der Waals surface area contributed by atoms with Gasteiger partial charge in [0, 0.05) is 12.3 Å². The summed E-state index contributed by atoms with van der Waals surface area (Å²) >= 11 is 0. The molecule has 7 heteroatoms. The average molecular weight is 463 g/mol. The van der Waals surface area contributed by atoms with Crippen LogP contribution in [0.25, 0.3) is 0 Å². The molecule has 5 nitrogen and oxygen atoms in total. The molecule has 1 saturated carbocycles. The highest BCUT2D eigenvalue weighted by Crippen LogP contribution is 2.42. The summed E-state index contributed by atoms with van der Waals surface area (Å²) in [6, 6.07) is 15.3. The molecule has 2 aromatic rings. The van der Waals surface area contributed by atoms with Crippen LogP contribution in [-0.4, -0.2) is 27.2 Å². The van der Waals surface area contributed by atoms with E-state index in [2.05, 4.69) is 20.8 Å². The summed E-state index contributed by atoms with van der Waals surface area (Å²) in [7, 11) is -8.45. The summed E-state index contributed by atoms with van der Waals surface area (Å²) in [5, 5.41) is 0. The largest absolute Gasteiger partial charge is 0.299 e. The second-order valence-electron chi connectivity index (χ2n) is 9.38. The number of rotatable bonds is 6. The number of Topliss-reactive ketones (excluding diaryl/α,β-unsaturated/α-hetero) is 1. The first kappa shape index (κ1) is 23.7. The van der Waals surface area contributed by atoms with Gasteiger partial charge in [0.25, 0.3) is 0 Å². The molecule has 2 atom stereocenters. The van der Waals surface area contributed by atoms with Crippen molar-refractivity contribution >= 4 is 25.5 Å². The molecule has 0 amide bonds. The van der Waals surface area contributed by atoms with Gasteiger partial charge < -0.3 is 0 Å². The van der Waals surface area contributed by atoms with Gasteiger partial charge in [-0.25, -0.2) is 16.8 Å². The van der Waals surface area contributed by atoms with Crippen LogP contribution in [0.2, 0.25) is 0 Å². The van der Waals surface area contributed by atoms with Crippen LogP contribution in [-0.2, 0) is 24.5 Å². The zero-order valence-corrected chi connectivity index (χ0v) is 19.8. The third-order valence-corrected chi connectivity index (χ3v) is 11.4. The SMILES string of the molecule is CC(C)(C)[C@H]1CCC(=O)[C@@H](CC(S(=O)(=O)c2ccccc2)S(=O)(=O)c2ccccc2)C1. The summed E-state index contributed by atoms with van der Waals surface area (Å²) in [4.78, 5) is 12.6. The Bertz CT molecular complexity index is 1050. The lowest BCUT2D eigenvalue weighted by Crippen LogP contribution is -2.38. The Morgan fingerprint density at radius 1 is 0.839 bits per heavy atom. The van der Waals surface area contributed by atoms with E-state index in [0.29, 0.717) is 12.8 Å². The highest BCUT2D eigenvalue weighted by atomic mass is 32.3. The molecular formula is C24H30O5S2. The molecule has 168 valence electrons. The molecule has 1 aliphatic carbocycles. The van der Waals surface area contributed by atoms with Crippen LogP contribution < -0.4 is 0 Å². The summed E-state index contributed by atoms with van der Waals surface area (Å²) in [5.74, 6) is -0.410. The van der Waals surface area contributed by atoms with Gasteiger partial charge in [-0.1, -0.05) is 57.2 Å². The van der Waals surface area contributed by atoms with Crippen LogP contribution in [0.1, 0.15) is 46.5 Å². The number of ketones is 1. The maximum absolute atomic E-state index is 13.5. The van der Waals surface area contributed by atoms with Crippen molar-refractivity contribution in [1.29, 1.82) is 0 Å². The van der Waals surface area contributed by atoms with E-state index in [1.807, 2.05) is 0 Å². The predicted molar refractivity (Wildman–Crippen MR) is 121 cm³/mol. The molecule has 0 heterocycles. The molecule has 31 heavy (non-hydrogen) atoms. The number of carbonyl (C=O) groups excluding carboxylic acids is 1. The van der Waals surface area contributed by atoms with Crippen molar-refractivity contribution in [2.24, 2.45) is 17.3 Å². The van der Waals surface area contributed by atoms with Crippen molar-refractivity contribution in [1.82, 2.24) is 0 Å². The fraction of sp³-hybridized carbons (Fsp3) is 0.458. The third kappa shape index (κ3) is 5.09. The van der Waals surface area contributed by atoms with Gasteiger partial charge in [-0.15, -0.1) is 0 Å². The summed E-state index contributed by atoms with van der Waals surface area (Å²) in [6.45, 7) is 6.30. The molecule has 1 aliphatic rings. The van der Waals surface area contributed by atoms with Crippen LogP contribution in [0.3, 0.4) is 0 Å². The van der Waals surface area contributed by atoms with Gasteiger partial charge in [-0.05, 0) is 54.9 Å². The van der Waals surface area contributed by atoms with Crippen LogP contribution in [0.4, 0.5) is 0 Å². The zero-order valence-electron chi connectivity index (χ0n) is 18.2. The molecule has 2 aromatic carbocycles. The first-order valence-electron chi connectivity index (χ1n) is 10.5. The average Bonchev–Trinajstić information content (AvgIpc) is 2.73. The van der Waals surface area contributed by atoms with E-state index >= 15 is 0 Å². The van der Waals surface area contributed by atoms with E-state index in [-0.39, 0.29) is 33.3 Å². The maximum atomic E-state index is 13.5. The van der Waals surface area contributed by atoms with Crippen LogP contribution >= 0.6 is 0 Å². The zero-order chi connectivity index (χ0) is 22.9.